The van der Waals surface area contributed by atoms with Crippen molar-refractivity contribution in [2.75, 3.05) is 6.54 Å². The molecule has 3 N–H and O–H groups in total. The van der Waals surface area contributed by atoms with Crippen LogP contribution < -0.4 is 10.6 Å². The molecule has 4 atom stereocenters. The summed E-state index contributed by atoms with van der Waals surface area (Å²) in [5.74, 6) is -0.792. The number of ether oxygens (including phenoxy) is 1. The molecule has 0 bridgehead atoms. The lowest BCUT2D eigenvalue weighted by molar-refractivity contribution is -0.142. The second-order valence-corrected chi connectivity index (χ2v) is 12.2. The Kier molecular flexibility index (Phi) is 9.10. The van der Waals surface area contributed by atoms with Gasteiger partial charge in [0.15, 0.2) is 0 Å². The predicted octanol–water partition coefficient (Wildman–Crippen LogP) is 3.65. The quantitative estimate of drug-likeness (QED) is 0.491. The monoisotopic (exact) mass is 541 g/mol. The normalized spacial score (nSPS) is 19.4. The number of aliphatic hydroxyl groups excluding tert-OH is 1. The highest BCUT2D eigenvalue weighted by Gasteiger charge is 2.45. The van der Waals surface area contributed by atoms with Gasteiger partial charge in [0.25, 0.3) is 0 Å². The Hall–Kier alpha value is -3.40. The Labute approximate surface area is 231 Å². The summed E-state index contributed by atoms with van der Waals surface area (Å²) >= 11 is 0. The number of carbonyl (C=O) groups excluding carboxylic acids is 3. The van der Waals surface area contributed by atoms with Crippen molar-refractivity contribution >= 4 is 17.9 Å². The van der Waals surface area contributed by atoms with Crippen molar-refractivity contribution in [1.82, 2.24) is 25.3 Å². The molecule has 1 fully saturated rings. The summed E-state index contributed by atoms with van der Waals surface area (Å²) in [5, 5.41) is 20.4. The molecule has 39 heavy (non-hydrogen) atoms. The van der Waals surface area contributed by atoms with E-state index < -0.39 is 41.2 Å². The van der Waals surface area contributed by atoms with Crippen molar-refractivity contribution < 1.29 is 24.2 Å². The van der Waals surface area contributed by atoms with Gasteiger partial charge in [0.1, 0.15) is 17.7 Å². The number of rotatable bonds is 7. The van der Waals surface area contributed by atoms with E-state index in [9.17, 15) is 19.5 Å². The lowest BCUT2D eigenvalue weighted by Crippen LogP contribution is -2.58. The summed E-state index contributed by atoms with van der Waals surface area (Å²) < 4.78 is 7.28. The number of aryl methyl sites for hydroxylation is 1. The maximum atomic E-state index is 13.7. The van der Waals surface area contributed by atoms with Gasteiger partial charge in [-0.2, -0.15) is 5.10 Å². The Balaban J connectivity index is 1.72. The molecule has 1 aromatic carbocycles. The lowest BCUT2D eigenvalue weighted by Gasteiger charge is -2.35. The molecule has 1 saturated heterocycles. The summed E-state index contributed by atoms with van der Waals surface area (Å²) in [5.41, 5.74) is 1.56. The van der Waals surface area contributed by atoms with Crippen LogP contribution in [0.3, 0.4) is 0 Å². The molecule has 0 spiro atoms. The molecule has 2 heterocycles. The van der Waals surface area contributed by atoms with Crippen molar-refractivity contribution in [3.63, 3.8) is 0 Å². The third-order valence-electron chi connectivity index (χ3n) is 6.72. The van der Waals surface area contributed by atoms with E-state index in [4.69, 9.17) is 4.74 Å². The Morgan fingerprint density at radius 2 is 1.72 bits per heavy atom. The number of benzene rings is 1. The molecule has 1 aromatic heterocycles. The minimum Gasteiger partial charge on any atom is -0.444 e. The molecular weight excluding hydrogens is 498 g/mol. The lowest BCUT2D eigenvalue weighted by atomic mass is 9.85. The number of β-amino-alcohol motifs (C(OH)–C–C–N with tert-alkyl or cyclic N) is 1. The molecular formula is C29H43N5O5. The van der Waals surface area contributed by atoms with Crippen LogP contribution in [0.15, 0.2) is 36.5 Å². The fourth-order valence-electron chi connectivity index (χ4n) is 4.71. The molecule has 0 radical (unpaired) electrons. The van der Waals surface area contributed by atoms with Gasteiger partial charge in [0.05, 0.1) is 17.8 Å². The molecule has 10 nitrogen and oxygen atoms in total. The van der Waals surface area contributed by atoms with Crippen LogP contribution in [0.4, 0.5) is 4.79 Å². The molecule has 1 aliphatic rings. The number of hydrogen-bond donors (Lipinski definition) is 3. The van der Waals surface area contributed by atoms with Crippen LogP contribution in [-0.4, -0.2) is 68.0 Å². The first-order valence-electron chi connectivity index (χ1n) is 13.5. The van der Waals surface area contributed by atoms with Crippen LogP contribution in [-0.2, 0) is 20.9 Å². The van der Waals surface area contributed by atoms with E-state index in [1.807, 2.05) is 69.6 Å². The van der Waals surface area contributed by atoms with Crippen molar-refractivity contribution in [3.8, 4) is 11.3 Å². The van der Waals surface area contributed by atoms with Gasteiger partial charge in [-0.05, 0) is 57.2 Å². The predicted molar refractivity (Wildman–Crippen MR) is 149 cm³/mol. The summed E-state index contributed by atoms with van der Waals surface area (Å²) in [6.07, 6.45) is 0.333. The third-order valence-corrected chi connectivity index (χ3v) is 6.72. The number of likely N-dealkylation sites (tertiary alicyclic amines) is 1. The minimum absolute atomic E-state index is 0.00763. The number of alkyl carbamates (subject to hydrolysis) is 1. The van der Waals surface area contributed by atoms with Crippen LogP contribution in [0.1, 0.15) is 73.4 Å². The molecule has 1 aliphatic heterocycles. The molecule has 2 aromatic rings. The highest BCUT2D eigenvalue weighted by molar-refractivity contribution is 5.92. The number of carbonyl (C=O) groups is 3. The van der Waals surface area contributed by atoms with Gasteiger partial charge in [-0.15, -0.1) is 0 Å². The summed E-state index contributed by atoms with van der Waals surface area (Å²) in [6.45, 7) is 15.4. The Bertz CT molecular complexity index is 1160. The van der Waals surface area contributed by atoms with Crippen LogP contribution in [0.5, 0.6) is 0 Å². The Morgan fingerprint density at radius 3 is 2.28 bits per heavy atom. The van der Waals surface area contributed by atoms with E-state index in [0.29, 0.717) is 0 Å². The van der Waals surface area contributed by atoms with Crippen molar-refractivity contribution in [1.29, 1.82) is 0 Å². The van der Waals surface area contributed by atoms with E-state index in [0.717, 1.165) is 23.4 Å². The van der Waals surface area contributed by atoms with E-state index in [2.05, 4.69) is 15.7 Å². The van der Waals surface area contributed by atoms with Crippen LogP contribution in [0.2, 0.25) is 0 Å². The fraction of sp³-hybridized carbons (Fsp3) is 0.586. The first-order chi connectivity index (χ1) is 18.1. The van der Waals surface area contributed by atoms with Crippen molar-refractivity contribution in [3.05, 3.63) is 42.1 Å². The van der Waals surface area contributed by atoms with E-state index in [1.54, 1.807) is 27.0 Å². The summed E-state index contributed by atoms with van der Waals surface area (Å²) in [7, 11) is 0. The average molecular weight is 542 g/mol. The SMILES string of the molecule is CCn1nccc1-c1ccc([C@H](C)NC(=O)[C@@H]2C[C@@H](O)CN2C(=O)[C@@H](NC(=O)OC(C)(C)C)C(C)(C)C)cc1. The molecule has 0 aliphatic carbocycles. The third kappa shape index (κ3) is 7.59. The number of nitrogens with one attached hydrogen (secondary N) is 2. The molecule has 3 amide bonds. The van der Waals surface area contributed by atoms with Crippen LogP contribution in [0.25, 0.3) is 11.3 Å². The topological polar surface area (TPSA) is 126 Å². The van der Waals surface area contributed by atoms with Gasteiger partial charge >= 0.3 is 6.09 Å². The largest absolute Gasteiger partial charge is 0.444 e. The zero-order valence-electron chi connectivity index (χ0n) is 24.3. The number of hydrogen-bond acceptors (Lipinski definition) is 6. The molecule has 0 unspecified atom stereocenters. The molecule has 10 heteroatoms. The maximum Gasteiger partial charge on any atom is 0.408 e. The zero-order chi connectivity index (χ0) is 29.1. The molecule has 0 saturated carbocycles. The van der Waals surface area contributed by atoms with Crippen molar-refractivity contribution in [2.45, 2.75) is 98.2 Å². The average Bonchev–Trinajstić information content (AvgIpc) is 3.47. The number of aromatic nitrogens is 2. The first kappa shape index (κ1) is 30.1. The van der Waals surface area contributed by atoms with Gasteiger partial charge in [0.2, 0.25) is 11.8 Å². The summed E-state index contributed by atoms with van der Waals surface area (Å²) in [6, 6.07) is 7.73. The second kappa shape index (κ2) is 11.8. The van der Waals surface area contributed by atoms with Gasteiger partial charge in [0, 0.05) is 25.7 Å². The van der Waals surface area contributed by atoms with Crippen LogP contribution >= 0.6 is 0 Å². The standard InChI is InChI=1S/C29H43N5O5/c1-9-34-22(14-15-30-34)20-12-10-19(11-13-20)18(2)31-25(36)23-16-21(35)17-33(23)26(37)24(28(3,4)5)32-27(38)39-29(6,7)8/h10-15,18,21,23-24,35H,9,16-17H2,1-8H3,(H,31,36)(H,32,38)/t18-,21+,23-,24+/m0/s1. The van der Waals surface area contributed by atoms with Gasteiger partial charge < -0.3 is 25.4 Å². The number of amides is 3. The van der Waals surface area contributed by atoms with Crippen LogP contribution in [0, 0.1) is 5.41 Å². The molecule has 3 rings (SSSR count). The van der Waals surface area contributed by atoms with Crippen molar-refractivity contribution in [2.24, 2.45) is 5.41 Å². The highest BCUT2D eigenvalue weighted by Crippen LogP contribution is 2.28. The van der Waals surface area contributed by atoms with E-state index >= 15 is 0 Å². The van der Waals surface area contributed by atoms with E-state index in [1.165, 1.54) is 4.90 Å². The second-order valence-electron chi connectivity index (χ2n) is 12.2. The minimum atomic E-state index is -0.950. The van der Waals surface area contributed by atoms with E-state index in [-0.39, 0.29) is 24.9 Å². The molecule has 214 valence electrons. The fourth-order valence-corrected chi connectivity index (χ4v) is 4.71. The maximum absolute atomic E-state index is 13.7. The van der Waals surface area contributed by atoms with Gasteiger partial charge in [-0.3, -0.25) is 14.3 Å². The first-order valence-corrected chi connectivity index (χ1v) is 13.5. The smallest absolute Gasteiger partial charge is 0.408 e. The van der Waals surface area contributed by atoms with Gasteiger partial charge in [-0.25, -0.2) is 4.79 Å². The number of aliphatic hydroxyl groups is 1. The Morgan fingerprint density at radius 1 is 1.08 bits per heavy atom. The zero-order valence-corrected chi connectivity index (χ0v) is 24.3. The highest BCUT2D eigenvalue weighted by atomic mass is 16.6. The summed E-state index contributed by atoms with van der Waals surface area (Å²) in [4.78, 5) is 40.9. The number of nitrogens with zero attached hydrogens (tertiary/aromatic N) is 3. The van der Waals surface area contributed by atoms with Gasteiger partial charge in [-0.1, -0.05) is 45.0 Å².